The molecule has 0 saturated carbocycles. The zero-order valence-electron chi connectivity index (χ0n) is 17.5. The molecule has 3 rings (SSSR count). The van der Waals surface area contributed by atoms with Gasteiger partial charge in [0.15, 0.2) is 5.36 Å². The summed E-state index contributed by atoms with van der Waals surface area (Å²) in [6, 6.07) is 7.54. The summed E-state index contributed by atoms with van der Waals surface area (Å²) in [6.07, 6.45) is 0. The largest absolute Gasteiger partial charge is 0.399 e. The molecule has 18 heteroatoms. The highest BCUT2D eigenvalue weighted by molar-refractivity contribution is 7.86. The third-order valence-electron chi connectivity index (χ3n) is 4.40. The van der Waals surface area contributed by atoms with Gasteiger partial charge in [0.2, 0.25) is 10.9 Å². The summed E-state index contributed by atoms with van der Waals surface area (Å²) in [4.78, 5) is 33.2. The maximum absolute atomic E-state index is 12.7. The Morgan fingerprint density at radius 1 is 0.833 bits per heavy atom. The van der Waals surface area contributed by atoms with Crippen LogP contribution in [0.4, 0.5) is 22.7 Å². The third-order valence-corrected chi connectivity index (χ3v) is 6.18. The summed E-state index contributed by atoms with van der Waals surface area (Å²) in [7, 11) is -9.69. The van der Waals surface area contributed by atoms with Gasteiger partial charge in [-0.1, -0.05) is 0 Å². The van der Waals surface area contributed by atoms with E-state index in [9.17, 15) is 45.6 Å². The predicted molar refractivity (Wildman–Crippen MR) is 123 cm³/mol. The van der Waals surface area contributed by atoms with Crippen LogP contribution >= 0.6 is 0 Å². The van der Waals surface area contributed by atoms with Crippen molar-refractivity contribution < 1.29 is 30.9 Å². The molecule has 6 N–H and O–H groups in total. The summed E-state index contributed by atoms with van der Waals surface area (Å²) < 4.78 is 65.0. The molecule has 3 aromatic rings. The van der Waals surface area contributed by atoms with Gasteiger partial charge in [0, 0.05) is 17.8 Å². The van der Waals surface area contributed by atoms with Crippen molar-refractivity contribution in [3.63, 3.8) is 0 Å². The quantitative estimate of drug-likeness (QED) is 0.106. The molecule has 16 nitrogen and oxygen atoms in total. The first-order valence-electron chi connectivity index (χ1n) is 9.26. The molecule has 36 heavy (non-hydrogen) atoms. The Hall–Kier alpha value is -4.52. The Kier molecular flexibility index (Phi) is 6.97. The van der Waals surface area contributed by atoms with Gasteiger partial charge >= 0.3 is 0 Å². The maximum atomic E-state index is 12.7. The fourth-order valence-electron chi connectivity index (χ4n) is 2.75. The first-order chi connectivity index (χ1) is 16.7. The normalized spacial score (nSPS) is 12.9. The van der Waals surface area contributed by atoms with E-state index in [0.29, 0.717) is 6.07 Å². The van der Waals surface area contributed by atoms with Crippen molar-refractivity contribution in [1.29, 1.82) is 0 Å². The first-order valence-corrected chi connectivity index (χ1v) is 12.1. The minimum absolute atomic E-state index is 0.00965. The number of rotatable bonds is 7. The van der Waals surface area contributed by atoms with Crippen molar-refractivity contribution in [3.05, 3.63) is 89.8 Å². The molecule has 0 aromatic heterocycles. The number of hydrogen-bond donors (Lipinski definition) is 5. The summed E-state index contributed by atoms with van der Waals surface area (Å²) in [5.74, 6) is 0. The first kappa shape index (κ1) is 26.1. The Morgan fingerprint density at radius 2 is 1.39 bits per heavy atom. The average Bonchev–Trinajstić information content (AvgIpc) is 2.77. The van der Waals surface area contributed by atoms with Crippen LogP contribution in [-0.2, 0) is 20.2 Å². The van der Waals surface area contributed by atoms with Crippen molar-refractivity contribution in [2.75, 3.05) is 16.6 Å². The number of benzene rings is 3. The summed E-state index contributed by atoms with van der Waals surface area (Å²) in [5.41, 5.74) is 6.48. The van der Waals surface area contributed by atoms with Gasteiger partial charge in [-0.2, -0.15) is 27.0 Å². The molecule has 188 valence electrons. The zero-order chi connectivity index (χ0) is 26.8. The number of nitrogens with one attached hydrogen (secondary N) is 2. The minimum Gasteiger partial charge on any atom is -0.399 e. The Labute approximate surface area is 200 Å². The van der Waals surface area contributed by atoms with Crippen molar-refractivity contribution in [3.8, 4) is 0 Å². The third kappa shape index (κ3) is 5.75. The number of hydrogen-bond acceptors (Lipinski definition) is 13. The molecule has 0 fully saturated rings. The molecule has 3 aromatic carbocycles. The molecule has 0 spiro atoms. The second-order valence-electron chi connectivity index (χ2n) is 6.85. The lowest BCUT2D eigenvalue weighted by Gasteiger charge is -2.07. The molecule has 0 aliphatic rings. The van der Waals surface area contributed by atoms with E-state index in [1.54, 1.807) is 0 Å². The summed E-state index contributed by atoms with van der Waals surface area (Å²) in [6.45, 7) is 0. The Bertz CT molecular complexity index is 1830. The summed E-state index contributed by atoms with van der Waals surface area (Å²) >= 11 is 0. The highest BCUT2D eigenvalue weighted by Gasteiger charge is 2.20. The van der Waals surface area contributed by atoms with Crippen LogP contribution in [0.25, 0.3) is 0 Å². The van der Waals surface area contributed by atoms with E-state index < -0.39 is 67.9 Å². The number of nitrogens with zero attached hydrogens (tertiary/aromatic N) is 3. The standard InChI is InChI=1S/C18H14N6O10S2/c19-9-1-3-11(15(7-9)35(29,30)31)21-23-17-14(25)6-5-13(18(17)26)22-20-12-4-2-10(24(27)28)8-16(12)36(32,33)34/h1-8,20-21H,19H2,(H,29,30,31)(H,32,33,34)/b22-13+,23-17?. The molecule has 0 unspecified atom stereocenters. The van der Waals surface area contributed by atoms with Gasteiger partial charge in [0.1, 0.15) is 15.1 Å². The van der Waals surface area contributed by atoms with Gasteiger partial charge in [-0.05, 0) is 36.4 Å². The topological polar surface area (TPSA) is 261 Å². The van der Waals surface area contributed by atoms with Crippen molar-refractivity contribution in [2.45, 2.75) is 9.79 Å². The van der Waals surface area contributed by atoms with Crippen LogP contribution < -0.4 is 38.2 Å². The number of nitro benzene ring substituents is 1. The molecular weight excluding hydrogens is 524 g/mol. The van der Waals surface area contributed by atoms with E-state index in [2.05, 4.69) is 21.1 Å². The minimum atomic E-state index is -4.94. The Balaban J connectivity index is 2.08. The Morgan fingerprint density at radius 3 is 1.97 bits per heavy atom. The van der Waals surface area contributed by atoms with Crippen LogP contribution in [0.2, 0.25) is 0 Å². The molecule has 0 bridgehead atoms. The smallest absolute Gasteiger partial charge is 0.296 e. The molecular formula is C18H14N6O10S2. The number of non-ortho nitro benzene ring substituents is 1. The predicted octanol–water partition coefficient (Wildman–Crippen LogP) is -0.878. The van der Waals surface area contributed by atoms with Gasteiger partial charge in [0.25, 0.3) is 25.9 Å². The molecule has 0 heterocycles. The lowest BCUT2D eigenvalue weighted by Crippen LogP contribution is -2.48. The second kappa shape index (κ2) is 9.62. The number of nitrogen functional groups attached to an aromatic ring is 1. The number of anilines is 3. The van der Waals surface area contributed by atoms with Crippen LogP contribution in [0.15, 0.2) is 78.1 Å². The zero-order valence-corrected chi connectivity index (χ0v) is 19.1. The van der Waals surface area contributed by atoms with Gasteiger partial charge in [-0.15, -0.1) is 0 Å². The highest BCUT2D eigenvalue weighted by Crippen LogP contribution is 2.26. The fraction of sp³-hybridized carbons (Fsp3) is 0. The maximum Gasteiger partial charge on any atom is 0.296 e. The van der Waals surface area contributed by atoms with E-state index in [4.69, 9.17) is 5.73 Å². The molecule has 0 aliphatic heterocycles. The van der Waals surface area contributed by atoms with Crippen LogP contribution in [0.1, 0.15) is 0 Å². The molecule has 0 amide bonds. The highest BCUT2D eigenvalue weighted by atomic mass is 32.2. The van der Waals surface area contributed by atoms with Crippen molar-refractivity contribution in [1.82, 2.24) is 0 Å². The summed E-state index contributed by atoms with van der Waals surface area (Å²) in [5, 5.41) is 16.9. The van der Waals surface area contributed by atoms with Crippen LogP contribution in [0.3, 0.4) is 0 Å². The van der Waals surface area contributed by atoms with E-state index in [1.165, 1.54) is 6.07 Å². The van der Waals surface area contributed by atoms with Crippen LogP contribution in [0.5, 0.6) is 0 Å². The van der Waals surface area contributed by atoms with Crippen LogP contribution in [-0.4, -0.2) is 30.9 Å². The monoisotopic (exact) mass is 538 g/mol. The van der Waals surface area contributed by atoms with Gasteiger partial charge in [-0.3, -0.25) is 39.7 Å². The van der Waals surface area contributed by atoms with Gasteiger partial charge in [0.05, 0.1) is 16.3 Å². The lowest BCUT2D eigenvalue weighted by molar-refractivity contribution is -0.385. The fourth-order valence-corrected chi connectivity index (χ4v) is 4.09. The molecule has 0 radical (unpaired) electrons. The van der Waals surface area contributed by atoms with Gasteiger partial charge < -0.3 is 5.73 Å². The molecule has 0 atom stereocenters. The van der Waals surface area contributed by atoms with Crippen LogP contribution in [0, 0.1) is 10.1 Å². The van der Waals surface area contributed by atoms with Crippen molar-refractivity contribution >= 4 is 43.0 Å². The molecule has 0 saturated heterocycles. The van der Waals surface area contributed by atoms with Crippen molar-refractivity contribution in [2.24, 2.45) is 10.2 Å². The van der Waals surface area contributed by atoms with E-state index in [1.807, 2.05) is 0 Å². The molecule has 0 aliphatic carbocycles. The lowest BCUT2D eigenvalue weighted by atomic mass is 10.3. The number of nitrogens with two attached hydrogens (primary N) is 1. The van der Waals surface area contributed by atoms with E-state index >= 15 is 0 Å². The average molecular weight is 538 g/mol. The van der Waals surface area contributed by atoms with Gasteiger partial charge in [-0.25, -0.2) is 0 Å². The SMILES string of the molecule is Nc1ccc(NN=c2c(=O)cc/c(=N\Nc3ccc([N+](=O)[O-])cc3S(=O)(=O)O)c2=O)c(S(=O)(=O)O)c1. The van der Waals surface area contributed by atoms with E-state index in [-0.39, 0.29) is 11.4 Å². The van der Waals surface area contributed by atoms with E-state index in [0.717, 1.165) is 36.4 Å². The number of nitro groups is 1. The second-order valence-corrected chi connectivity index (χ2v) is 9.63.